The Morgan fingerprint density at radius 2 is 1.92 bits per heavy atom. The van der Waals surface area contributed by atoms with E-state index in [0.717, 1.165) is 4.90 Å². The first-order valence-corrected chi connectivity index (χ1v) is 4.91. The average molecular weight is 202 g/mol. The lowest BCUT2D eigenvalue weighted by molar-refractivity contribution is 0.336. The lowest BCUT2D eigenvalue weighted by atomic mass is 10.3. The summed E-state index contributed by atoms with van der Waals surface area (Å²) in [7, 11) is 2.90. The molecule has 0 aromatic heterocycles. The highest BCUT2D eigenvalue weighted by molar-refractivity contribution is 7.98. The third-order valence-corrected chi connectivity index (χ3v) is 2.35. The van der Waals surface area contributed by atoms with Gasteiger partial charge in [-0.3, -0.25) is 0 Å². The Morgan fingerprint density at radius 3 is 2.38 bits per heavy atom. The molecule has 0 N–H and O–H groups in total. The number of hydrogen-bond acceptors (Lipinski definition) is 3. The average Bonchev–Trinajstić information content (AvgIpc) is 2.16. The van der Waals surface area contributed by atoms with Crippen LogP contribution in [0.2, 0.25) is 0 Å². The van der Waals surface area contributed by atoms with Gasteiger partial charge in [-0.1, -0.05) is 0 Å². The second-order valence-corrected chi connectivity index (χ2v) is 3.22. The minimum Gasteiger partial charge on any atom is -0.493 e. The highest BCUT2D eigenvalue weighted by Gasteiger charge is 2.11. The van der Waals surface area contributed by atoms with E-state index >= 15 is 0 Å². The van der Waals surface area contributed by atoms with Crippen molar-refractivity contribution in [2.45, 2.75) is 4.90 Å². The summed E-state index contributed by atoms with van der Waals surface area (Å²) in [6, 6.07) is 3.17. The van der Waals surface area contributed by atoms with Gasteiger partial charge in [0.25, 0.3) is 0 Å². The van der Waals surface area contributed by atoms with Gasteiger partial charge in [-0.15, -0.1) is 11.8 Å². The van der Waals surface area contributed by atoms with E-state index in [1.54, 1.807) is 6.07 Å². The van der Waals surface area contributed by atoms with E-state index in [1.165, 1.54) is 32.0 Å². The van der Waals surface area contributed by atoms with Crippen LogP contribution in [0.4, 0.5) is 4.39 Å². The summed E-state index contributed by atoms with van der Waals surface area (Å²) in [6.07, 6.45) is 1.88. The number of hydrogen-bond donors (Lipinski definition) is 0. The van der Waals surface area contributed by atoms with Crippen molar-refractivity contribution in [1.82, 2.24) is 0 Å². The molecule has 13 heavy (non-hydrogen) atoms. The lowest BCUT2D eigenvalue weighted by Gasteiger charge is -2.09. The van der Waals surface area contributed by atoms with Crippen LogP contribution in [0, 0.1) is 5.82 Å². The molecule has 4 heteroatoms. The summed E-state index contributed by atoms with van der Waals surface area (Å²) in [4.78, 5) is 0.815. The summed E-state index contributed by atoms with van der Waals surface area (Å²) < 4.78 is 23.1. The van der Waals surface area contributed by atoms with Crippen LogP contribution in [0.3, 0.4) is 0 Å². The van der Waals surface area contributed by atoms with E-state index in [1.807, 2.05) is 6.26 Å². The van der Waals surface area contributed by atoms with Crippen molar-refractivity contribution in [1.29, 1.82) is 0 Å². The van der Waals surface area contributed by atoms with Gasteiger partial charge in [0.05, 0.1) is 14.2 Å². The molecule has 1 aromatic carbocycles. The largest absolute Gasteiger partial charge is 0.493 e. The highest BCUT2D eigenvalue weighted by Crippen LogP contribution is 2.33. The fourth-order valence-corrected chi connectivity index (χ4v) is 1.46. The van der Waals surface area contributed by atoms with E-state index in [9.17, 15) is 4.39 Å². The van der Waals surface area contributed by atoms with E-state index in [4.69, 9.17) is 9.47 Å². The van der Waals surface area contributed by atoms with Crippen molar-refractivity contribution in [2.75, 3.05) is 20.5 Å². The van der Waals surface area contributed by atoms with Crippen molar-refractivity contribution in [2.24, 2.45) is 0 Å². The molecule has 0 unspecified atom stereocenters. The van der Waals surface area contributed by atoms with Gasteiger partial charge in [0.1, 0.15) is 0 Å². The lowest BCUT2D eigenvalue weighted by Crippen LogP contribution is -1.94. The van der Waals surface area contributed by atoms with Crippen LogP contribution in [-0.4, -0.2) is 20.5 Å². The molecule has 2 nitrogen and oxygen atoms in total. The maximum atomic E-state index is 13.3. The van der Waals surface area contributed by atoms with Gasteiger partial charge in [-0.05, 0) is 18.4 Å². The Kier molecular flexibility index (Phi) is 3.42. The van der Waals surface area contributed by atoms with Crippen LogP contribution < -0.4 is 9.47 Å². The van der Waals surface area contributed by atoms with Crippen molar-refractivity contribution < 1.29 is 13.9 Å². The molecular weight excluding hydrogens is 191 g/mol. The van der Waals surface area contributed by atoms with Gasteiger partial charge in [-0.25, -0.2) is 4.39 Å². The van der Waals surface area contributed by atoms with E-state index in [2.05, 4.69) is 0 Å². The number of benzene rings is 1. The van der Waals surface area contributed by atoms with E-state index in [-0.39, 0.29) is 5.75 Å². The summed E-state index contributed by atoms with van der Waals surface area (Å²) in [6.45, 7) is 0. The molecule has 0 atom stereocenters. The summed E-state index contributed by atoms with van der Waals surface area (Å²) in [5.41, 5.74) is 0. The smallest absolute Gasteiger partial charge is 0.196 e. The molecule has 0 amide bonds. The van der Waals surface area contributed by atoms with E-state index < -0.39 is 5.82 Å². The second-order valence-electron chi connectivity index (χ2n) is 2.34. The van der Waals surface area contributed by atoms with Crippen LogP contribution in [0.5, 0.6) is 11.5 Å². The number of rotatable bonds is 3. The zero-order chi connectivity index (χ0) is 9.84. The molecule has 0 saturated carbocycles. The molecule has 0 bridgehead atoms. The molecule has 0 spiro atoms. The maximum absolute atomic E-state index is 13.3. The predicted octanol–water partition coefficient (Wildman–Crippen LogP) is 2.56. The Balaban J connectivity index is 3.20. The first kappa shape index (κ1) is 10.2. The minimum atomic E-state index is -0.397. The minimum absolute atomic E-state index is 0.153. The fraction of sp³-hybridized carbons (Fsp3) is 0.333. The Labute approximate surface area is 81.0 Å². The van der Waals surface area contributed by atoms with Gasteiger partial charge in [0.2, 0.25) is 0 Å². The number of ether oxygens (including phenoxy) is 2. The van der Waals surface area contributed by atoms with Crippen molar-refractivity contribution >= 4 is 11.8 Å². The van der Waals surface area contributed by atoms with Crippen molar-refractivity contribution in [3.63, 3.8) is 0 Å². The Hall–Kier alpha value is -0.900. The number of halogens is 1. The first-order chi connectivity index (χ1) is 6.22. The third kappa shape index (κ3) is 2.06. The zero-order valence-corrected chi connectivity index (χ0v) is 8.57. The molecule has 0 aliphatic rings. The summed E-state index contributed by atoms with van der Waals surface area (Å²) in [5, 5.41) is 0. The Bertz CT molecular complexity index is 302. The van der Waals surface area contributed by atoms with Crippen LogP contribution in [0.25, 0.3) is 0 Å². The molecule has 0 aliphatic carbocycles. The SMILES string of the molecule is COc1cc(SC)cc(F)c1OC. The molecule has 0 fully saturated rings. The van der Waals surface area contributed by atoms with Crippen LogP contribution >= 0.6 is 11.8 Å². The normalized spacial score (nSPS) is 9.85. The molecule has 0 saturated heterocycles. The monoisotopic (exact) mass is 202 g/mol. The quantitative estimate of drug-likeness (QED) is 0.702. The summed E-state index contributed by atoms with van der Waals surface area (Å²) in [5.74, 6) is 0.179. The third-order valence-electron chi connectivity index (χ3n) is 1.64. The van der Waals surface area contributed by atoms with Crippen molar-refractivity contribution in [3.8, 4) is 11.5 Å². The molecule has 72 valence electrons. The fourth-order valence-electron chi connectivity index (χ4n) is 1.01. The molecule has 0 radical (unpaired) electrons. The van der Waals surface area contributed by atoms with E-state index in [0.29, 0.717) is 5.75 Å². The number of methoxy groups -OCH3 is 2. The van der Waals surface area contributed by atoms with Crippen LogP contribution in [-0.2, 0) is 0 Å². The van der Waals surface area contributed by atoms with Gasteiger partial charge in [0, 0.05) is 4.90 Å². The maximum Gasteiger partial charge on any atom is 0.196 e. The number of thioether (sulfide) groups is 1. The molecule has 0 heterocycles. The van der Waals surface area contributed by atoms with Gasteiger partial charge < -0.3 is 9.47 Å². The predicted molar refractivity (Wildman–Crippen MR) is 51.3 cm³/mol. The van der Waals surface area contributed by atoms with Crippen LogP contribution in [0.1, 0.15) is 0 Å². The van der Waals surface area contributed by atoms with Gasteiger partial charge >= 0.3 is 0 Å². The standard InChI is InChI=1S/C9H11FO2S/c1-11-8-5-6(13-3)4-7(10)9(8)12-2/h4-5H,1-3H3. The first-order valence-electron chi connectivity index (χ1n) is 3.68. The zero-order valence-electron chi connectivity index (χ0n) is 7.76. The van der Waals surface area contributed by atoms with Gasteiger partial charge in [-0.2, -0.15) is 0 Å². The van der Waals surface area contributed by atoms with Crippen LogP contribution in [0.15, 0.2) is 17.0 Å². The van der Waals surface area contributed by atoms with Gasteiger partial charge in [0.15, 0.2) is 17.3 Å². The highest BCUT2D eigenvalue weighted by atomic mass is 32.2. The molecule has 1 aromatic rings. The Morgan fingerprint density at radius 1 is 1.23 bits per heavy atom. The molecular formula is C9H11FO2S. The molecule has 1 rings (SSSR count). The summed E-state index contributed by atoms with van der Waals surface area (Å²) >= 11 is 1.46. The molecule has 0 aliphatic heterocycles. The topological polar surface area (TPSA) is 18.5 Å². The second kappa shape index (κ2) is 4.37. The van der Waals surface area contributed by atoms with Crippen molar-refractivity contribution in [3.05, 3.63) is 17.9 Å².